The van der Waals surface area contributed by atoms with Crippen LogP contribution in [0.2, 0.25) is 0 Å². The molecule has 0 unspecified atom stereocenters. The summed E-state index contributed by atoms with van der Waals surface area (Å²) in [5, 5.41) is 14.7. The Morgan fingerprint density at radius 3 is 1.58 bits per heavy atom. The topological polar surface area (TPSA) is 95.5 Å². The minimum Gasteiger partial charge on any atom is -0.478 e. The van der Waals surface area contributed by atoms with Gasteiger partial charge >= 0.3 is 5.97 Å². The van der Waals surface area contributed by atoms with E-state index in [0.717, 1.165) is 20.1 Å². The second-order valence-electron chi connectivity index (χ2n) is 6.77. The summed E-state index contributed by atoms with van der Waals surface area (Å²) in [5.41, 5.74) is 2.19. The van der Waals surface area contributed by atoms with Crippen LogP contribution in [-0.2, 0) is 22.4 Å². The number of rotatable bonds is 7. The lowest BCUT2D eigenvalue weighted by molar-refractivity contribution is -0.116. The minimum absolute atomic E-state index is 0.00449. The van der Waals surface area contributed by atoms with E-state index in [2.05, 4.69) is 42.5 Å². The first kappa shape index (κ1) is 22.7. The molecule has 0 saturated carbocycles. The maximum Gasteiger partial charge on any atom is 0.335 e. The Morgan fingerprint density at radius 1 is 0.677 bits per heavy atom. The number of carboxylic acid groups (broad SMARTS) is 1. The first-order valence-electron chi connectivity index (χ1n) is 9.26. The second-order valence-corrected chi connectivity index (χ2v) is 8.60. The smallest absolute Gasteiger partial charge is 0.335 e. The van der Waals surface area contributed by atoms with Crippen LogP contribution in [0.4, 0.5) is 11.4 Å². The van der Waals surface area contributed by atoms with E-state index in [9.17, 15) is 19.5 Å². The van der Waals surface area contributed by atoms with Gasteiger partial charge in [0.15, 0.2) is 0 Å². The van der Waals surface area contributed by atoms with Crippen LogP contribution >= 0.6 is 31.9 Å². The van der Waals surface area contributed by atoms with E-state index in [1.165, 1.54) is 18.2 Å². The van der Waals surface area contributed by atoms with E-state index in [0.29, 0.717) is 5.69 Å². The van der Waals surface area contributed by atoms with E-state index in [1.807, 2.05) is 48.5 Å². The number of nitrogens with one attached hydrogen (secondary N) is 2. The predicted octanol–water partition coefficient (Wildman–Crippen LogP) is 5.27. The van der Waals surface area contributed by atoms with Crippen molar-refractivity contribution >= 4 is 61.0 Å². The molecule has 3 rings (SSSR count). The molecule has 0 aliphatic heterocycles. The number of anilines is 2. The van der Waals surface area contributed by atoms with E-state index in [-0.39, 0.29) is 35.9 Å². The van der Waals surface area contributed by atoms with Gasteiger partial charge in [-0.2, -0.15) is 0 Å². The van der Waals surface area contributed by atoms with Crippen LogP contribution < -0.4 is 10.6 Å². The SMILES string of the molecule is O=C(Cc1ccc(Br)cc1)Nc1ccc(C(=O)O)cc1NC(=O)Cc1ccc(Br)cc1. The number of hydrogen-bond acceptors (Lipinski definition) is 3. The van der Waals surface area contributed by atoms with Crippen molar-refractivity contribution < 1.29 is 19.5 Å². The van der Waals surface area contributed by atoms with Gasteiger partial charge in [0.1, 0.15) is 0 Å². The largest absolute Gasteiger partial charge is 0.478 e. The molecule has 0 aliphatic rings. The number of hydrogen-bond donors (Lipinski definition) is 3. The Hall–Kier alpha value is -2.97. The molecule has 0 atom stereocenters. The molecule has 6 nitrogen and oxygen atoms in total. The van der Waals surface area contributed by atoms with Gasteiger partial charge < -0.3 is 15.7 Å². The summed E-state index contributed by atoms with van der Waals surface area (Å²) in [5.74, 6) is -1.74. The molecule has 31 heavy (non-hydrogen) atoms. The number of amides is 2. The van der Waals surface area contributed by atoms with Crippen LogP contribution in [-0.4, -0.2) is 22.9 Å². The summed E-state index contributed by atoms with van der Waals surface area (Å²) in [6.07, 6.45) is 0.247. The van der Waals surface area contributed by atoms with Gasteiger partial charge in [-0.3, -0.25) is 9.59 Å². The van der Waals surface area contributed by atoms with Crippen molar-refractivity contribution in [2.45, 2.75) is 12.8 Å². The molecule has 0 aromatic heterocycles. The summed E-state index contributed by atoms with van der Waals surface area (Å²) >= 11 is 6.70. The van der Waals surface area contributed by atoms with Gasteiger partial charge in [-0.25, -0.2) is 4.79 Å². The average Bonchev–Trinajstić information content (AvgIpc) is 2.72. The molecule has 0 heterocycles. The zero-order valence-corrected chi connectivity index (χ0v) is 19.4. The molecule has 0 saturated heterocycles. The molecule has 0 spiro atoms. The summed E-state index contributed by atoms with van der Waals surface area (Å²) in [6, 6.07) is 18.8. The van der Waals surface area contributed by atoms with Crippen LogP contribution in [0.15, 0.2) is 75.7 Å². The summed E-state index contributed by atoms with van der Waals surface area (Å²) in [6.45, 7) is 0. The van der Waals surface area contributed by atoms with Crippen molar-refractivity contribution in [3.05, 3.63) is 92.4 Å². The molecule has 0 aliphatic carbocycles. The maximum absolute atomic E-state index is 12.5. The first-order chi connectivity index (χ1) is 14.8. The van der Waals surface area contributed by atoms with Crippen LogP contribution in [0.3, 0.4) is 0 Å². The molecular formula is C23H18Br2N2O4. The van der Waals surface area contributed by atoms with Crippen molar-refractivity contribution in [3.63, 3.8) is 0 Å². The minimum atomic E-state index is -1.13. The molecule has 2 amide bonds. The number of carbonyl (C=O) groups excluding carboxylic acids is 2. The third-order valence-corrected chi connectivity index (χ3v) is 5.43. The lowest BCUT2D eigenvalue weighted by Gasteiger charge is -2.14. The Kier molecular flexibility index (Phi) is 7.59. The van der Waals surface area contributed by atoms with Crippen LogP contribution in [0.5, 0.6) is 0 Å². The van der Waals surface area contributed by atoms with Crippen LogP contribution in [0, 0.1) is 0 Å². The summed E-state index contributed by atoms with van der Waals surface area (Å²) in [7, 11) is 0. The molecule has 0 fully saturated rings. The molecule has 3 aromatic carbocycles. The second kappa shape index (κ2) is 10.4. The van der Waals surface area contributed by atoms with Gasteiger partial charge in [0.05, 0.1) is 29.8 Å². The number of carboxylic acids is 1. The fourth-order valence-corrected chi connectivity index (χ4v) is 3.38. The highest BCUT2D eigenvalue weighted by Gasteiger charge is 2.14. The van der Waals surface area contributed by atoms with Crippen LogP contribution in [0.25, 0.3) is 0 Å². The number of halogens is 2. The summed E-state index contributed by atoms with van der Waals surface area (Å²) in [4.78, 5) is 36.4. The maximum atomic E-state index is 12.5. The Bertz CT molecular complexity index is 1110. The molecule has 0 radical (unpaired) electrons. The van der Waals surface area contributed by atoms with Gasteiger partial charge in [-0.05, 0) is 53.6 Å². The van der Waals surface area contributed by atoms with Crippen molar-refractivity contribution in [2.24, 2.45) is 0 Å². The van der Waals surface area contributed by atoms with Crippen LogP contribution in [0.1, 0.15) is 21.5 Å². The zero-order chi connectivity index (χ0) is 22.4. The van der Waals surface area contributed by atoms with Gasteiger partial charge in [-0.15, -0.1) is 0 Å². The molecule has 3 aromatic rings. The van der Waals surface area contributed by atoms with E-state index < -0.39 is 5.97 Å². The quantitative estimate of drug-likeness (QED) is 0.377. The molecular weight excluding hydrogens is 528 g/mol. The van der Waals surface area contributed by atoms with Crippen molar-refractivity contribution in [1.29, 1.82) is 0 Å². The first-order valence-corrected chi connectivity index (χ1v) is 10.8. The molecule has 3 N–H and O–H groups in total. The lowest BCUT2D eigenvalue weighted by Crippen LogP contribution is -2.19. The third-order valence-electron chi connectivity index (χ3n) is 4.37. The fourth-order valence-electron chi connectivity index (χ4n) is 2.85. The van der Waals surface area contributed by atoms with Gasteiger partial charge in [-0.1, -0.05) is 56.1 Å². The highest BCUT2D eigenvalue weighted by molar-refractivity contribution is 9.10. The van der Waals surface area contributed by atoms with Crippen molar-refractivity contribution in [2.75, 3.05) is 10.6 Å². The Labute approximate surface area is 195 Å². The Balaban J connectivity index is 1.75. The molecule has 8 heteroatoms. The standard InChI is InChI=1S/C23H18Br2N2O4/c24-17-6-1-14(2-7-17)11-21(28)26-19-10-5-16(23(30)31)13-20(19)27-22(29)12-15-3-8-18(25)9-4-15/h1-10,13H,11-12H2,(H,26,28)(H,27,29)(H,30,31). The van der Waals surface area contributed by atoms with Gasteiger partial charge in [0.2, 0.25) is 11.8 Å². The number of carbonyl (C=O) groups is 3. The summed E-state index contributed by atoms with van der Waals surface area (Å²) < 4.78 is 1.82. The fraction of sp³-hybridized carbons (Fsp3) is 0.0870. The van der Waals surface area contributed by atoms with Gasteiger partial charge in [0, 0.05) is 8.95 Å². The van der Waals surface area contributed by atoms with E-state index >= 15 is 0 Å². The lowest BCUT2D eigenvalue weighted by atomic mass is 10.1. The average molecular weight is 546 g/mol. The molecule has 158 valence electrons. The highest BCUT2D eigenvalue weighted by Crippen LogP contribution is 2.24. The number of aromatic carboxylic acids is 1. The normalized spacial score (nSPS) is 10.4. The monoisotopic (exact) mass is 544 g/mol. The Morgan fingerprint density at radius 2 is 1.13 bits per heavy atom. The van der Waals surface area contributed by atoms with Crippen molar-refractivity contribution in [3.8, 4) is 0 Å². The molecule has 0 bridgehead atoms. The van der Waals surface area contributed by atoms with E-state index in [1.54, 1.807) is 0 Å². The zero-order valence-electron chi connectivity index (χ0n) is 16.2. The van der Waals surface area contributed by atoms with E-state index in [4.69, 9.17) is 0 Å². The highest BCUT2D eigenvalue weighted by atomic mass is 79.9. The predicted molar refractivity (Wildman–Crippen MR) is 126 cm³/mol. The van der Waals surface area contributed by atoms with Gasteiger partial charge in [0.25, 0.3) is 0 Å². The third kappa shape index (κ3) is 6.77. The van der Waals surface area contributed by atoms with Crippen molar-refractivity contribution in [1.82, 2.24) is 0 Å². The number of benzene rings is 3.